The van der Waals surface area contributed by atoms with E-state index in [0.29, 0.717) is 5.75 Å². The molecule has 16 heavy (non-hydrogen) atoms. The summed E-state index contributed by atoms with van der Waals surface area (Å²) < 4.78 is 31.5. The average molecular weight is 219 g/mol. The fourth-order valence-electron chi connectivity index (χ4n) is 1.30. The first kappa shape index (κ1) is 10.6. The van der Waals surface area contributed by atoms with Crippen molar-refractivity contribution in [2.24, 2.45) is 0 Å². The molecule has 0 fully saturated rings. The number of hydrogen-bond donors (Lipinski definition) is 0. The molecular formula is C13H9F2O. The van der Waals surface area contributed by atoms with Crippen molar-refractivity contribution in [2.75, 3.05) is 0 Å². The van der Waals surface area contributed by atoms with Crippen LogP contribution in [0.5, 0.6) is 11.5 Å². The van der Waals surface area contributed by atoms with Crippen LogP contribution in [0.2, 0.25) is 0 Å². The third-order valence-corrected chi connectivity index (χ3v) is 2.16. The first-order valence-corrected chi connectivity index (χ1v) is 4.77. The molecule has 0 amide bonds. The highest BCUT2D eigenvalue weighted by Crippen LogP contribution is 2.27. The average Bonchev–Trinajstić information content (AvgIpc) is 2.28. The highest BCUT2D eigenvalue weighted by molar-refractivity contribution is 5.37. The van der Waals surface area contributed by atoms with Gasteiger partial charge in [-0.15, -0.1) is 0 Å². The smallest absolute Gasteiger partial charge is 0.201 e. The Morgan fingerprint density at radius 1 is 1.12 bits per heavy atom. The third kappa shape index (κ3) is 2.03. The van der Waals surface area contributed by atoms with E-state index in [2.05, 4.69) is 6.07 Å². The molecule has 2 aromatic carbocycles. The second-order valence-electron chi connectivity index (χ2n) is 3.35. The summed E-state index contributed by atoms with van der Waals surface area (Å²) >= 11 is 0. The molecule has 0 aliphatic heterocycles. The molecule has 0 heterocycles. The number of rotatable bonds is 2. The summed E-state index contributed by atoms with van der Waals surface area (Å²) in [5, 5.41) is 0. The molecule has 0 aliphatic carbocycles. The fourth-order valence-corrected chi connectivity index (χ4v) is 1.30. The largest absolute Gasteiger partial charge is 0.454 e. The Kier molecular flexibility index (Phi) is 2.86. The van der Waals surface area contributed by atoms with E-state index in [1.165, 1.54) is 12.1 Å². The summed E-state index contributed by atoms with van der Waals surface area (Å²) in [4.78, 5) is 0. The van der Waals surface area contributed by atoms with Gasteiger partial charge in [0.2, 0.25) is 5.82 Å². The third-order valence-electron chi connectivity index (χ3n) is 2.16. The van der Waals surface area contributed by atoms with E-state index in [9.17, 15) is 8.78 Å². The normalized spacial score (nSPS) is 10.2. The van der Waals surface area contributed by atoms with Crippen LogP contribution in [0.3, 0.4) is 0 Å². The Bertz CT molecular complexity index is 509. The number of halogens is 2. The second kappa shape index (κ2) is 4.31. The van der Waals surface area contributed by atoms with Gasteiger partial charge in [-0.25, -0.2) is 4.39 Å². The molecule has 0 saturated heterocycles. The Hall–Kier alpha value is -1.90. The van der Waals surface area contributed by atoms with Crippen LogP contribution >= 0.6 is 0 Å². The van der Waals surface area contributed by atoms with Crippen molar-refractivity contribution in [3.05, 3.63) is 59.7 Å². The van der Waals surface area contributed by atoms with Crippen LogP contribution in [0.15, 0.2) is 36.4 Å². The Labute approximate surface area is 92.3 Å². The van der Waals surface area contributed by atoms with Gasteiger partial charge in [0.1, 0.15) is 5.75 Å². The van der Waals surface area contributed by atoms with Gasteiger partial charge in [0.05, 0.1) is 0 Å². The summed E-state index contributed by atoms with van der Waals surface area (Å²) in [5.74, 6) is -1.52. The lowest BCUT2D eigenvalue weighted by Gasteiger charge is -2.08. The number of hydrogen-bond acceptors (Lipinski definition) is 1. The molecule has 0 bridgehead atoms. The number of ether oxygens (including phenoxy) is 1. The predicted molar refractivity (Wildman–Crippen MR) is 56.4 cm³/mol. The molecule has 0 atom stereocenters. The quantitative estimate of drug-likeness (QED) is 0.745. The van der Waals surface area contributed by atoms with E-state index >= 15 is 0 Å². The summed E-state index contributed by atoms with van der Waals surface area (Å²) in [6.07, 6.45) is 0. The van der Waals surface area contributed by atoms with Crippen molar-refractivity contribution in [2.45, 2.75) is 6.92 Å². The fraction of sp³-hybridized carbons (Fsp3) is 0.0769. The van der Waals surface area contributed by atoms with Crippen LogP contribution in [0.4, 0.5) is 8.78 Å². The van der Waals surface area contributed by atoms with Crippen molar-refractivity contribution in [1.82, 2.24) is 0 Å². The topological polar surface area (TPSA) is 9.23 Å². The lowest BCUT2D eigenvalue weighted by Crippen LogP contribution is -1.92. The van der Waals surface area contributed by atoms with E-state index in [1.54, 1.807) is 18.2 Å². The Morgan fingerprint density at radius 2 is 1.94 bits per heavy atom. The first-order chi connectivity index (χ1) is 7.68. The van der Waals surface area contributed by atoms with Crippen molar-refractivity contribution in [3.8, 4) is 11.5 Å². The Morgan fingerprint density at radius 3 is 2.69 bits per heavy atom. The zero-order valence-corrected chi connectivity index (χ0v) is 8.63. The number of benzene rings is 2. The molecule has 0 spiro atoms. The second-order valence-corrected chi connectivity index (χ2v) is 3.35. The van der Waals surface area contributed by atoms with Gasteiger partial charge in [0, 0.05) is 0 Å². The van der Waals surface area contributed by atoms with Crippen LogP contribution in [0.1, 0.15) is 5.56 Å². The van der Waals surface area contributed by atoms with Gasteiger partial charge >= 0.3 is 0 Å². The minimum absolute atomic E-state index is 0.116. The molecule has 81 valence electrons. The monoisotopic (exact) mass is 219 g/mol. The summed E-state index contributed by atoms with van der Waals surface area (Å²) in [6.45, 7) is 1.81. The van der Waals surface area contributed by atoms with Gasteiger partial charge in [-0.3, -0.25) is 0 Å². The van der Waals surface area contributed by atoms with Crippen molar-refractivity contribution >= 4 is 0 Å². The molecule has 2 rings (SSSR count). The van der Waals surface area contributed by atoms with E-state index in [4.69, 9.17) is 4.74 Å². The molecule has 1 radical (unpaired) electrons. The van der Waals surface area contributed by atoms with Crippen LogP contribution in [0.25, 0.3) is 0 Å². The maximum Gasteiger partial charge on any atom is 0.201 e. The van der Waals surface area contributed by atoms with Crippen LogP contribution < -0.4 is 4.74 Å². The minimum Gasteiger partial charge on any atom is -0.454 e. The van der Waals surface area contributed by atoms with Crippen LogP contribution in [-0.4, -0.2) is 0 Å². The standard InChI is InChI=1S/C13H9F2O/c1-9-5-2-3-7-11(9)16-12-8-4-6-10(14)13(12)15/h3-8H,1H3. The van der Waals surface area contributed by atoms with Gasteiger partial charge in [-0.1, -0.05) is 12.1 Å². The molecule has 0 unspecified atom stereocenters. The minimum atomic E-state index is -0.977. The lowest BCUT2D eigenvalue weighted by molar-refractivity contribution is 0.414. The van der Waals surface area contributed by atoms with Gasteiger partial charge in [-0.05, 0) is 42.8 Å². The van der Waals surface area contributed by atoms with Crippen molar-refractivity contribution < 1.29 is 13.5 Å². The molecule has 0 saturated carbocycles. The Balaban J connectivity index is 2.35. The molecule has 0 aliphatic rings. The molecule has 0 aromatic heterocycles. The predicted octanol–water partition coefficient (Wildman–Crippen LogP) is 3.87. The van der Waals surface area contributed by atoms with Crippen molar-refractivity contribution in [1.29, 1.82) is 0 Å². The van der Waals surface area contributed by atoms with Gasteiger partial charge in [0.15, 0.2) is 11.6 Å². The zero-order chi connectivity index (χ0) is 11.5. The SMILES string of the molecule is Cc1c[c]ccc1Oc1cccc(F)c1F. The van der Waals surface area contributed by atoms with Crippen molar-refractivity contribution in [3.63, 3.8) is 0 Å². The highest BCUT2D eigenvalue weighted by Gasteiger charge is 2.10. The van der Waals surface area contributed by atoms with Crippen LogP contribution in [0, 0.1) is 24.6 Å². The zero-order valence-electron chi connectivity index (χ0n) is 8.63. The maximum absolute atomic E-state index is 13.3. The molecule has 2 aromatic rings. The van der Waals surface area contributed by atoms with E-state index in [-0.39, 0.29) is 5.75 Å². The molecule has 3 heteroatoms. The molecule has 1 nitrogen and oxygen atoms in total. The summed E-state index contributed by atoms with van der Waals surface area (Å²) in [7, 11) is 0. The summed E-state index contributed by atoms with van der Waals surface area (Å²) in [6, 6.07) is 11.7. The highest BCUT2D eigenvalue weighted by atomic mass is 19.2. The summed E-state index contributed by atoms with van der Waals surface area (Å²) in [5.41, 5.74) is 0.811. The van der Waals surface area contributed by atoms with Gasteiger partial charge in [-0.2, -0.15) is 4.39 Å². The first-order valence-electron chi connectivity index (χ1n) is 4.77. The van der Waals surface area contributed by atoms with Gasteiger partial charge in [0.25, 0.3) is 0 Å². The van der Waals surface area contributed by atoms with E-state index in [0.717, 1.165) is 11.6 Å². The molecule has 0 N–H and O–H groups in total. The lowest BCUT2D eigenvalue weighted by atomic mass is 10.2. The maximum atomic E-state index is 13.3. The molecular weight excluding hydrogens is 210 g/mol. The number of aryl methyl sites for hydroxylation is 1. The van der Waals surface area contributed by atoms with E-state index in [1.807, 2.05) is 6.92 Å². The van der Waals surface area contributed by atoms with Crippen LogP contribution in [-0.2, 0) is 0 Å². The van der Waals surface area contributed by atoms with E-state index < -0.39 is 11.6 Å². The van der Waals surface area contributed by atoms with Gasteiger partial charge < -0.3 is 4.74 Å².